The Morgan fingerprint density at radius 2 is 2.29 bits per heavy atom. The van der Waals surface area contributed by atoms with Crippen molar-refractivity contribution in [2.45, 2.75) is 25.4 Å². The van der Waals surface area contributed by atoms with Gasteiger partial charge in [0.25, 0.3) is 5.91 Å². The van der Waals surface area contributed by atoms with Crippen LogP contribution in [0.15, 0.2) is 12.3 Å². The summed E-state index contributed by atoms with van der Waals surface area (Å²) >= 11 is 0. The largest absolute Gasteiger partial charge is 0.473 e. The number of hydroxylamine groups is 2. The van der Waals surface area contributed by atoms with Crippen molar-refractivity contribution in [2.24, 2.45) is 0 Å². The first-order chi connectivity index (χ1) is 8.22. The number of rotatable bonds is 4. The first-order valence-corrected chi connectivity index (χ1v) is 5.53. The summed E-state index contributed by atoms with van der Waals surface area (Å²) in [5.74, 6) is -0.0113. The minimum atomic E-state index is -0.295. The Morgan fingerprint density at radius 1 is 1.53 bits per heavy atom. The van der Waals surface area contributed by atoms with E-state index in [0.717, 1.165) is 24.3 Å². The van der Waals surface area contributed by atoms with Crippen LogP contribution in [0.25, 0.3) is 0 Å². The molecule has 0 N–H and O–H groups in total. The quantitative estimate of drug-likeness (QED) is 0.732. The second kappa shape index (κ2) is 5.09. The zero-order valence-electron chi connectivity index (χ0n) is 9.92. The van der Waals surface area contributed by atoms with Gasteiger partial charge in [-0.1, -0.05) is 0 Å². The Balaban J connectivity index is 2.17. The first kappa shape index (κ1) is 11.8. The average molecular weight is 237 g/mol. The van der Waals surface area contributed by atoms with E-state index in [2.05, 4.69) is 10.2 Å². The molecule has 1 aliphatic rings. The maximum atomic E-state index is 11.9. The fourth-order valence-electron chi connectivity index (χ4n) is 1.47. The summed E-state index contributed by atoms with van der Waals surface area (Å²) < 4.78 is 5.62. The van der Waals surface area contributed by atoms with Crippen LogP contribution in [0.1, 0.15) is 29.6 Å². The lowest BCUT2D eigenvalue weighted by Gasteiger charge is -2.26. The number of carbonyl (C=O) groups is 1. The molecule has 0 radical (unpaired) electrons. The van der Waals surface area contributed by atoms with Gasteiger partial charge in [-0.25, -0.2) is 5.06 Å². The van der Waals surface area contributed by atoms with Gasteiger partial charge >= 0.3 is 0 Å². The second-order valence-electron chi connectivity index (χ2n) is 3.91. The molecule has 6 heteroatoms. The van der Waals surface area contributed by atoms with E-state index in [1.165, 1.54) is 20.4 Å². The SMILES string of the molecule is CON(C)C(=O)c1ccnnc1OC1CCC1. The van der Waals surface area contributed by atoms with Gasteiger partial charge in [0.15, 0.2) is 0 Å². The van der Waals surface area contributed by atoms with Crippen LogP contribution in [-0.4, -0.2) is 41.4 Å². The summed E-state index contributed by atoms with van der Waals surface area (Å²) in [5, 5.41) is 8.73. The lowest BCUT2D eigenvalue weighted by molar-refractivity contribution is -0.0760. The predicted octanol–water partition coefficient (Wildman–Crippen LogP) is 1.04. The third-order valence-corrected chi connectivity index (χ3v) is 2.81. The number of aromatic nitrogens is 2. The standard InChI is InChI=1S/C11H15N3O3/c1-14(16-2)11(15)9-6-7-12-13-10(9)17-8-4-3-5-8/h6-8H,3-5H2,1-2H3. The van der Waals surface area contributed by atoms with Crippen molar-refractivity contribution in [3.05, 3.63) is 17.8 Å². The van der Waals surface area contributed by atoms with Crippen LogP contribution in [0.3, 0.4) is 0 Å². The maximum Gasteiger partial charge on any atom is 0.282 e. The van der Waals surface area contributed by atoms with E-state index in [1.807, 2.05) is 0 Å². The zero-order chi connectivity index (χ0) is 12.3. The Morgan fingerprint density at radius 3 is 2.88 bits per heavy atom. The molecule has 0 saturated heterocycles. The van der Waals surface area contributed by atoms with E-state index < -0.39 is 0 Å². The predicted molar refractivity (Wildman–Crippen MR) is 59.4 cm³/mol. The van der Waals surface area contributed by atoms with E-state index in [-0.39, 0.29) is 17.9 Å². The summed E-state index contributed by atoms with van der Waals surface area (Å²) in [6.45, 7) is 0. The van der Waals surface area contributed by atoms with Gasteiger partial charge in [0.2, 0.25) is 5.88 Å². The van der Waals surface area contributed by atoms with Crippen LogP contribution in [-0.2, 0) is 4.84 Å². The van der Waals surface area contributed by atoms with E-state index in [0.29, 0.717) is 5.56 Å². The Hall–Kier alpha value is -1.69. The minimum Gasteiger partial charge on any atom is -0.473 e. The van der Waals surface area contributed by atoms with Crippen LogP contribution in [0, 0.1) is 0 Å². The fourth-order valence-corrected chi connectivity index (χ4v) is 1.47. The van der Waals surface area contributed by atoms with Gasteiger partial charge in [-0.15, -0.1) is 5.10 Å². The van der Waals surface area contributed by atoms with Crippen molar-refractivity contribution in [1.29, 1.82) is 0 Å². The molecule has 1 saturated carbocycles. The summed E-state index contributed by atoms with van der Waals surface area (Å²) in [7, 11) is 2.97. The van der Waals surface area contributed by atoms with Crippen molar-refractivity contribution in [2.75, 3.05) is 14.2 Å². The Labute approximate surface area is 99.5 Å². The third kappa shape index (κ3) is 2.52. The van der Waals surface area contributed by atoms with Gasteiger partial charge in [0.05, 0.1) is 13.3 Å². The molecule has 1 aromatic heterocycles. The lowest BCUT2D eigenvalue weighted by atomic mass is 9.96. The summed E-state index contributed by atoms with van der Waals surface area (Å²) in [6, 6.07) is 1.58. The third-order valence-electron chi connectivity index (χ3n) is 2.81. The van der Waals surface area contributed by atoms with Crippen molar-refractivity contribution in [3.63, 3.8) is 0 Å². The molecular weight excluding hydrogens is 222 g/mol. The number of ether oxygens (including phenoxy) is 1. The van der Waals surface area contributed by atoms with Gasteiger partial charge in [-0.2, -0.15) is 5.10 Å². The topological polar surface area (TPSA) is 64.5 Å². The second-order valence-corrected chi connectivity index (χ2v) is 3.91. The van der Waals surface area contributed by atoms with Crippen LogP contribution < -0.4 is 4.74 Å². The van der Waals surface area contributed by atoms with E-state index in [1.54, 1.807) is 6.07 Å². The number of carbonyl (C=O) groups excluding carboxylic acids is 1. The van der Waals surface area contributed by atoms with Crippen molar-refractivity contribution in [3.8, 4) is 5.88 Å². The van der Waals surface area contributed by atoms with Gasteiger partial charge in [0, 0.05) is 7.05 Å². The van der Waals surface area contributed by atoms with Gasteiger partial charge in [-0.3, -0.25) is 9.63 Å². The molecule has 6 nitrogen and oxygen atoms in total. The molecule has 0 spiro atoms. The number of hydrogen-bond donors (Lipinski definition) is 0. The molecular formula is C11H15N3O3. The fraction of sp³-hybridized carbons (Fsp3) is 0.545. The van der Waals surface area contributed by atoms with Crippen LogP contribution >= 0.6 is 0 Å². The number of nitrogens with zero attached hydrogens (tertiary/aromatic N) is 3. The van der Waals surface area contributed by atoms with Crippen LogP contribution in [0.4, 0.5) is 0 Å². The normalized spacial score (nSPS) is 15.2. The average Bonchev–Trinajstić information content (AvgIpc) is 2.32. The highest BCUT2D eigenvalue weighted by molar-refractivity contribution is 5.95. The monoisotopic (exact) mass is 237 g/mol. The molecule has 92 valence electrons. The molecule has 0 aliphatic heterocycles. The lowest BCUT2D eigenvalue weighted by Crippen LogP contribution is -2.29. The highest BCUT2D eigenvalue weighted by Gasteiger charge is 2.24. The molecule has 1 fully saturated rings. The molecule has 1 aliphatic carbocycles. The Kier molecular flexibility index (Phi) is 3.53. The highest BCUT2D eigenvalue weighted by atomic mass is 16.7. The smallest absolute Gasteiger partial charge is 0.282 e. The molecule has 0 unspecified atom stereocenters. The highest BCUT2D eigenvalue weighted by Crippen LogP contribution is 2.26. The molecule has 1 heterocycles. The number of amides is 1. The number of hydrogen-bond acceptors (Lipinski definition) is 5. The molecule has 0 aromatic carbocycles. The molecule has 17 heavy (non-hydrogen) atoms. The van der Waals surface area contributed by atoms with E-state index in [4.69, 9.17) is 9.57 Å². The van der Waals surface area contributed by atoms with Crippen molar-refractivity contribution < 1.29 is 14.4 Å². The van der Waals surface area contributed by atoms with Crippen molar-refractivity contribution >= 4 is 5.91 Å². The first-order valence-electron chi connectivity index (χ1n) is 5.53. The van der Waals surface area contributed by atoms with E-state index in [9.17, 15) is 4.79 Å². The van der Waals surface area contributed by atoms with Gasteiger partial charge < -0.3 is 4.74 Å². The van der Waals surface area contributed by atoms with Gasteiger partial charge in [-0.05, 0) is 25.3 Å². The van der Waals surface area contributed by atoms with E-state index >= 15 is 0 Å². The molecule has 1 amide bonds. The van der Waals surface area contributed by atoms with Crippen molar-refractivity contribution in [1.82, 2.24) is 15.3 Å². The summed E-state index contributed by atoms with van der Waals surface area (Å²) in [4.78, 5) is 16.8. The van der Waals surface area contributed by atoms with Gasteiger partial charge in [0.1, 0.15) is 11.7 Å². The zero-order valence-corrected chi connectivity index (χ0v) is 9.92. The Bertz CT molecular complexity index is 407. The minimum absolute atomic E-state index is 0.158. The molecule has 0 bridgehead atoms. The molecule has 2 rings (SSSR count). The molecule has 1 aromatic rings. The summed E-state index contributed by atoms with van der Waals surface area (Å²) in [6.07, 6.45) is 4.79. The summed E-state index contributed by atoms with van der Waals surface area (Å²) in [5.41, 5.74) is 0.372. The van der Waals surface area contributed by atoms with Crippen LogP contribution in [0.2, 0.25) is 0 Å². The maximum absolute atomic E-state index is 11.9. The van der Waals surface area contributed by atoms with Crippen LogP contribution in [0.5, 0.6) is 5.88 Å². The molecule has 0 atom stereocenters.